The lowest BCUT2D eigenvalue weighted by atomic mass is 10.1. The molecule has 22 heavy (non-hydrogen) atoms. The minimum atomic E-state index is -0.0814. The van der Waals surface area contributed by atoms with Crippen molar-refractivity contribution >= 4 is 46.0 Å². The van der Waals surface area contributed by atoms with Crippen molar-refractivity contribution in [1.29, 1.82) is 0 Å². The average Bonchev–Trinajstić information content (AvgIpc) is 2.78. The molecule has 1 aromatic heterocycles. The molecule has 0 saturated carbocycles. The molecule has 2 aromatic rings. The Kier molecular flexibility index (Phi) is 4.09. The maximum absolute atomic E-state index is 12.6. The van der Waals surface area contributed by atoms with Crippen LogP contribution in [-0.4, -0.2) is 15.2 Å². The maximum Gasteiger partial charge on any atom is 0.270 e. The first-order valence-corrected chi connectivity index (χ1v) is 8.04. The summed E-state index contributed by atoms with van der Waals surface area (Å²) in [6.45, 7) is 4.08. The number of amides is 1. The van der Waals surface area contributed by atoms with Gasteiger partial charge in [-0.25, -0.2) is 0 Å². The van der Waals surface area contributed by atoms with Gasteiger partial charge in [0.2, 0.25) is 0 Å². The summed E-state index contributed by atoms with van der Waals surface area (Å²) >= 11 is 6.70. The van der Waals surface area contributed by atoms with E-state index in [1.54, 1.807) is 17.3 Å². The van der Waals surface area contributed by atoms with Crippen LogP contribution in [0.2, 0.25) is 0 Å². The lowest BCUT2D eigenvalue weighted by Crippen LogP contribution is -2.27. The van der Waals surface area contributed by atoms with E-state index in [0.717, 1.165) is 16.8 Å². The van der Waals surface area contributed by atoms with Gasteiger partial charge in [-0.2, -0.15) is 0 Å². The van der Waals surface area contributed by atoms with Crippen LogP contribution in [0.4, 0.5) is 5.69 Å². The number of carbonyl (C=O) groups excluding carboxylic acids is 1. The van der Waals surface area contributed by atoms with Crippen LogP contribution in [0.1, 0.15) is 16.7 Å². The van der Waals surface area contributed by atoms with Gasteiger partial charge in [-0.05, 0) is 54.8 Å². The molecule has 1 amide bonds. The quantitative estimate of drug-likeness (QED) is 0.614. The summed E-state index contributed by atoms with van der Waals surface area (Å²) in [4.78, 5) is 18.9. The second-order valence-electron chi connectivity index (χ2n) is 5.07. The number of anilines is 1. The molecule has 1 fully saturated rings. The fourth-order valence-electron chi connectivity index (χ4n) is 2.17. The molecule has 5 heteroatoms. The highest BCUT2D eigenvalue weighted by atomic mass is 32.2. The Hall–Kier alpha value is -1.98. The van der Waals surface area contributed by atoms with Gasteiger partial charge in [-0.3, -0.25) is 14.7 Å². The van der Waals surface area contributed by atoms with Crippen molar-refractivity contribution in [3.63, 3.8) is 0 Å². The number of rotatable bonds is 2. The van der Waals surface area contributed by atoms with Crippen molar-refractivity contribution in [2.45, 2.75) is 13.8 Å². The van der Waals surface area contributed by atoms with Crippen LogP contribution in [0.3, 0.4) is 0 Å². The van der Waals surface area contributed by atoms with E-state index in [4.69, 9.17) is 12.2 Å². The number of nitrogens with zero attached hydrogens (tertiary/aromatic N) is 2. The first-order valence-electron chi connectivity index (χ1n) is 6.81. The van der Waals surface area contributed by atoms with Crippen molar-refractivity contribution in [2.75, 3.05) is 4.90 Å². The van der Waals surface area contributed by atoms with Gasteiger partial charge in [0.15, 0.2) is 4.32 Å². The van der Waals surface area contributed by atoms with Crippen molar-refractivity contribution in [2.24, 2.45) is 0 Å². The van der Waals surface area contributed by atoms with E-state index in [9.17, 15) is 4.79 Å². The fourth-order valence-corrected chi connectivity index (χ4v) is 3.47. The molecule has 0 radical (unpaired) electrons. The van der Waals surface area contributed by atoms with E-state index in [2.05, 4.69) is 4.98 Å². The number of hydrogen-bond donors (Lipinski definition) is 0. The van der Waals surface area contributed by atoms with Crippen molar-refractivity contribution < 1.29 is 4.79 Å². The molecule has 2 heterocycles. The van der Waals surface area contributed by atoms with Crippen LogP contribution in [0.15, 0.2) is 47.6 Å². The Morgan fingerprint density at radius 2 is 2.05 bits per heavy atom. The molecule has 0 aliphatic carbocycles. The molecule has 3 nitrogen and oxygen atoms in total. The summed E-state index contributed by atoms with van der Waals surface area (Å²) in [5.74, 6) is -0.0814. The molecular formula is C17H14N2OS2. The lowest BCUT2D eigenvalue weighted by molar-refractivity contribution is -0.113. The molecule has 0 spiro atoms. The molecule has 0 unspecified atom stereocenters. The van der Waals surface area contributed by atoms with E-state index < -0.39 is 0 Å². The summed E-state index contributed by atoms with van der Waals surface area (Å²) in [7, 11) is 0. The van der Waals surface area contributed by atoms with Gasteiger partial charge >= 0.3 is 0 Å². The van der Waals surface area contributed by atoms with Crippen LogP contribution in [0.5, 0.6) is 0 Å². The molecule has 1 aromatic carbocycles. The number of hydrogen-bond acceptors (Lipinski definition) is 4. The normalized spacial score (nSPS) is 16.6. The molecule has 3 rings (SSSR count). The highest BCUT2D eigenvalue weighted by Gasteiger charge is 2.33. The van der Waals surface area contributed by atoms with E-state index in [1.165, 1.54) is 17.3 Å². The zero-order valence-electron chi connectivity index (χ0n) is 12.2. The number of pyridine rings is 1. The second-order valence-corrected chi connectivity index (χ2v) is 6.75. The zero-order chi connectivity index (χ0) is 15.7. The summed E-state index contributed by atoms with van der Waals surface area (Å²) in [6.07, 6.45) is 5.26. The highest BCUT2D eigenvalue weighted by Crippen LogP contribution is 2.36. The third-order valence-electron chi connectivity index (χ3n) is 3.52. The molecule has 1 saturated heterocycles. The topological polar surface area (TPSA) is 33.2 Å². The van der Waals surface area contributed by atoms with Gasteiger partial charge in [0.05, 0.1) is 10.6 Å². The van der Waals surface area contributed by atoms with Crippen molar-refractivity contribution in [3.05, 3.63) is 64.3 Å². The van der Waals surface area contributed by atoms with Crippen LogP contribution >= 0.6 is 24.0 Å². The molecule has 0 atom stereocenters. The number of thiocarbonyl (C=S) groups is 1. The van der Waals surface area contributed by atoms with E-state index in [0.29, 0.717) is 9.23 Å². The monoisotopic (exact) mass is 326 g/mol. The minimum absolute atomic E-state index is 0.0814. The number of aromatic nitrogens is 1. The van der Waals surface area contributed by atoms with Gasteiger partial charge in [0.25, 0.3) is 5.91 Å². The predicted molar refractivity (Wildman–Crippen MR) is 95.8 cm³/mol. The maximum atomic E-state index is 12.6. The van der Waals surface area contributed by atoms with Crippen molar-refractivity contribution in [3.8, 4) is 0 Å². The van der Waals surface area contributed by atoms with Crippen LogP contribution in [0, 0.1) is 13.8 Å². The Morgan fingerprint density at radius 3 is 2.73 bits per heavy atom. The van der Waals surface area contributed by atoms with E-state index >= 15 is 0 Å². The molecule has 110 valence electrons. The lowest BCUT2D eigenvalue weighted by Gasteiger charge is -2.15. The number of aryl methyl sites for hydroxylation is 2. The minimum Gasteiger partial charge on any atom is -0.268 e. The number of benzene rings is 1. The number of carbonyl (C=O) groups is 1. The van der Waals surface area contributed by atoms with Gasteiger partial charge in [0.1, 0.15) is 0 Å². The third-order valence-corrected chi connectivity index (χ3v) is 4.83. The Bertz CT molecular complexity index is 785. The summed E-state index contributed by atoms with van der Waals surface area (Å²) in [6, 6.07) is 9.69. The standard InChI is InChI=1S/C17H14N2OS2/c1-11-5-6-14(8-12(11)2)19-16(20)15(22-17(19)21)9-13-4-3-7-18-10-13/h3-10H,1-2H3/b15-9+. The van der Waals surface area contributed by atoms with Crippen molar-refractivity contribution in [1.82, 2.24) is 4.98 Å². The number of thioether (sulfide) groups is 1. The molecule has 1 aliphatic heterocycles. The molecule has 1 aliphatic rings. The summed E-state index contributed by atoms with van der Waals surface area (Å²) in [5, 5.41) is 0. The van der Waals surface area contributed by atoms with E-state index in [1.807, 2.05) is 50.3 Å². The predicted octanol–water partition coefficient (Wildman–Crippen LogP) is 4.10. The molecule has 0 N–H and O–H groups in total. The zero-order valence-corrected chi connectivity index (χ0v) is 13.9. The van der Waals surface area contributed by atoms with Gasteiger partial charge in [0, 0.05) is 12.4 Å². The van der Waals surface area contributed by atoms with Crippen LogP contribution < -0.4 is 4.90 Å². The smallest absolute Gasteiger partial charge is 0.268 e. The molecular weight excluding hydrogens is 312 g/mol. The highest BCUT2D eigenvalue weighted by molar-refractivity contribution is 8.27. The third kappa shape index (κ3) is 2.82. The van der Waals surface area contributed by atoms with Gasteiger partial charge in [-0.15, -0.1) is 0 Å². The SMILES string of the molecule is Cc1ccc(N2C(=O)/C(=C\c3cccnc3)SC2=S)cc1C. The largest absolute Gasteiger partial charge is 0.270 e. The summed E-state index contributed by atoms with van der Waals surface area (Å²) in [5.41, 5.74) is 4.05. The fraction of sp³-hybridized carbons (Fsp3) is 0.118. The first-order chi connectivity index (χ1) is 10.6. The van der Waals surface area contributed by atoms with Gasteiger partial charge in [-0.1, -0.05) is 36.1 Å². The first kappa shape index (κ1) is 14.9. The summed E-state index contributed by atoms with van der Waals surface area (Å²) < 4.78 is 0.559. The Morgan fingerprint density at radius 1 is 1.23 bits per heavy atom. The van der Waals surface area contributed by atoms with Gasteiger partial charge < -0.3 is 0 Å². The Labute approximate surface area is 139 Å². The van der Waals surface area contributed by atoms with E-state index in [-0.39, 0.29) is 5.91 Å². The average molecular weight is 326 g/mol. The van der Waals surface area contributed by atoms with Crippen LogP contribution in [-0.2, 0) is 4.79 Å². The second kappa shape index (κ2) is 6.02. The molecule has 0 bridgehead atoms. The van der Waals surface area contributed by atoms with Crippen LogP contribution in [0.25, 0.3) is 6.08 Å². The Balaban J connectivity index is 1.95.